The lowest BCUT2D eigenvalue weighted by Crippen LogP contribution is -2.60. The van der Waals surface area contributed by atoms with Crippen LogP contribution in [0.2, 0.25) is 0 Å². The number of nitrogens with one attached hydrogen (secondary N) is 1. The van der Waals surface area contributed by atoms with Crippen molar-refractivity contribution < 1.29 is 4.74 Å². The molecule has 1 N–H and O–H groups in total. The zero-order valence-corrected chi connectivity index (χ0v) is 23.9. The van der Waals surface area contributed by atoms with Gasteiger partial charge in [-0.3, -0.25) is 4.90 Å². The second-order valence-corrected chi connectivity index (χ2v) is 15.3. The molecule has 1 saturated heterocycles. The van der Waals surface area contributed by atoms with E-state index in [0.717, 1.165) is 11.8 Å². The van der Waals surface area contributed by atoms with E-state index in [1.165, 1.54) is 56.9 Å². The van der Waals surface area contributed by atoms with Gasteiger partial charge in [0.05, 0.1) is 6.10 Å². The van der Waals surface area contributed by atoms with Gasteiger partial charge in [0.25, 0.3) is 0 Å². The molecule has 11 atom stereocenters. The molecule has 1 heterocycles. The average molecular weight is 491 g/mol. The van der Waals surface area contributed by atoms with Gasteiger partial charge in [-0.1, -0.05) is 58.0 Å². The van der Waals surface area contributed by atoms with Gasteiger partial charge in [0.15, 0.2) is 0 Å². The highest BCUT2D eigenvalue weighted by molar-refractivity contribution is 5.32. The smallest absolute Gasteiger partial charge is 0.137 e. The minimum atomic E-state index is 0.0874. The Kier molecular flexibility index (Phi) is 4.96. The second kappa shape index (κ2) is 7.39. The average Bonchev–Trinajstić information content (AvgIpc) is 3.45. The molecule has 3 heteroatoms. The van der Waals surface area contributed by atoms with E-state index in [2.05, 4.69) is 89.3 Å². The number of hydrogen-bond acceptors (Lipinski definition) is 3. The van der Waals surface area contributed by atoms with Crippen LogP contribution in [0.25, 0.3) is 0 Å². The SMILES string of the molecule is CN[C@H]1CC[C@]23C[C@]24CC[C@]2(C)C5C(C)N(C)C(c6ccccc6)O[C@@H]5C[C@@]2(C)[C@@H]4CC[C@H]3C1(C)C. The van der Waals surface area contributed by atoms with Crippen molar-refractivity contribution in [2.24, 2.45) is 44.8 Å². The number of hydrogen-bond donors (Lipinski definition) is 1. The van der Waals surface area contributed by atoms with Crippen molar-refractivity contribution in [2.75, 3.05) is 14.1 Å². The molecule has 0 amide bonds. The molecular formula is C33H50N2O. The molecule has 6 aliphatic rings. The summed E-state index contributed by atoms with van der Waals surface area (Å²) in [6.07, 6.45) is 11.9. The summed E-state index contributed by atoms with van der Waals surface area (Å²) in [5.74, 6) is 2.41. The molecule has 1 aromatic rings. The third-order valence-electron chi connectivity index (χ3n) is 14.4. The largest absolute Gasteiger partial charge is 0.355 e. The van der Waals surface area contributed by atoms with Crippen LogP contribution in [0.5, 0.6) is 0 Å². The molecule has 0 bridgehead atoms. The molecule has 36 heavy (non-hydrogen) atoms. The van der Waals surface area contributed by atoms with Crippen LogP contribution in [0.4, 0.5) is 0 Å². The fourth-order valence-electron chi connectivity index (χ4n) is 12.6. The van der Waals surface area contributed by atoms with Crippen LogP contribution >= 0.6 is 0 Å². The standard InChI is InChI=1S/C33H50N2O/c1-21-27-23(36-28(35(21)7)22-11-9-8-10-12-22)19-31(5)25-14-13-24-29(2,3)26(34-6)15-16-32(24)20-33(25,32)18-17-30(27,31)4/h8-12,21,23-28,34H,13-20H2,1-7H3/t21?,23-,24+,25+,26+,27?,28?,30-,31+,32-,33+/m1/s1. The van der Waals surface area contributed by atoms with Gasteiger partial charge in [0.2, 0.25) is 0 Å². The molecule has 5 saturated carbocycles. The summed E-state index contributed by atoms with van der Waals surface area (Å²) in [6.45, 7) is 13.1. The molecule has 3 unspecified atom stereocenters. The zero-order chi connectivity index (χ0) is 25.3. The minimum absolute atomic E-state index is 0.0874. The summed E-state index contributed by atoms with van der Waals surface area (Å²) < 4.78 is 7.11. The van der Waals surface area contributed by atoms with Crippen molar-refractivity contribution >= 4 is 0 Å². The van der Waals surface area contributed by atoms with Gasteiger partial charge in [-0.05, 0) is 117 Å². The van der Waals surface area contributed by atoms with Gasteiger partial charge < -0.3 is 10.1 Å². The lowest BCUT2D eigenvalue weighted by Gasteiger charge is -2.64. The number of benzene rings is 1. The number of nitrogens with zero attached hydrogens (tertiary/aromatic N) is 1. The Morgan fingerprint density at radius 3 is 2.31 bits per heavy atom. The summed E-state index contributed by atoms with van der Waals surface area (Å²) >= 11 is 0. The highest BCUT2D eigenvalue weighted by Gasteiger charge is 2.83. The van der Waals surface area contributed by atoms with Gasteiger partial charge in [0.1, 0.15) is 6.23 Å². The minimum Gasteiger partial charge on any atom is -0.355 e. The molecule has 3 nitrogen and oxygen atoms in total. The third kappa shape index (κ3) is 2.62. The van der Waals surface area contributed by atoms with Crippen LogP contribution in [0.3, 0.4) is 0 Å². The highest BCUT2D eigenvalue weighted by Crippen LogP contribution is 2.89. The van der Waals surface area contributed by atoms with Gasteiger partial charge in [-0.15, -0.1) is 0 Å². The first-order valence-electron chi connectivity index (χ1n) is 15.2. The first kappa shape index (κ1) is 24.2. The van der Waals surface area contributed by atoms with Gasteiger partial charge in [-0.2, -0.15) is 0 Å². The third-order valence-corrected chi connectivity index (χ3v) is 14.4. The maximum atomic E-state index is 7.11. The lowest BCUT2D eigenvalue weighted by molar-refractivity contribution is -0.197. The van der Waals surface area contributed by atoms with E-state index in [-0.39, 0.29) is 6.23 Å². The van der Waals surface area contributed by atoms with E-state index in [1.807, 2.05) is 0 Å². The fourth-order valence-corrected chi connectivity index (χ4v) is 12.6. The molecule has 0 aromatic heterocycles. The zero-order valence-electron chi connectivity index (χ0n) is 23.9. The molecule has 1 aliphatic heterocycles. The van der Waals surface area contributed by atoms with Crippen LogP contribution in [-0.2, 0) is 4.74 Å². The number of fused-ring (bicyclic) bond motifs is 4. The number of ether oxygens (including phenoxy) is 1. The summed E-state index contributed by atoms with van der Waals surface area (Å²) in [4.78, 5) is 2.55. The predicted molar refractivity (Wildman–Crippen MR) is 146 cm³/mol. The van der Waals surface area contributed by atoms with E-state index in [1.54, 1.807) is 0 Å². The van der Waals surface area contributed by atoms with Crippen molar-refractivity contribution in [3.63, 3.8) is 0 Å². The molecule has 0 radical (unpaired) electrons. The van der Waals surface area contributed by atoms with Gasteiger partial charge >= 0.3 is 0 Å². The monoisotopic (exact) mass is 490 g/mol. The topological polar surface area (TPSA) is 24.5 Å². The van der Waals surface area contributed by atoms with Gasteiger partial charge in [-0.25, -0.2) is 0 Å². The van der Waals surface area contributed by atoms with Crippen molar-refractivity contribution in [1.29, 1.82) is 0 Å². The molecule has 2 spiro atoms. The van der Waals surface area contributed by atoms with E-state index < -0.39 is 0 Å². The van der Waals surface area contributed by atoms with E-state index in [9.17, 15) is 0 Å². The maximum absolute atomic E-state index is 7.11. The molecular weight excluding hydrogens is 440 g/mol. The first-order chi connectivity index (χ1) is 17.1. The first-order valence-corrected chi connectivity index (χ1v) is 15.2. The molecule has 5 aliphatic carbocycles. The van der Waals surface area contributed by atoms with E-state index >= 15 is 0 Å². The van der Waals surface area contributed by atoms with Crippen LogP contribution in [0.1, 0.15) is 97.8 Å². The van der Waals surface area contributed by atoms with Crippen molar-refractivity contribution in [1.82, 2.24) is 10.2 Å². The Labute approximate surface area is 220 Å². The van der Waals surface area contributed by atoms with Crippen LogP contribution in [0, 0.1) is 44.8 Å². The van der Waals surface area contributed by atoms with Crippen LogP contribution in [0.15, 0.2) is 30.3 Å². The Bertz CT molecular complexity index is 1040. The van der Waals surface area contributed by atoms with E-state index in [4.69, 9.17) is 4.74 Å². The van der Waals surface area contributed by atoms with E-state index in [0.29, 0.717) is 51.2 Å². The summed E-state index contributed by atoms with van der Waals surface area (Å²) in [6, 6.07) is 12.2. The molecule has 198 valence electrons. The predicted octanol–water partition coefficient (Wildman–Crippen LogP) is 7.04. The van der Waals surface area contributed by atoms with Crippen molar-refractivity contribution in [3.8, 4) is 0 Å². The Morgan fingerprint density at radius 1 is 0.889 bits per heavy atom. The van der Waals surface area contributed by atoms with Crippen LogP contribution in [-0.4, -0.2) is 37.2 Å². The summed E-state index contributed by atoms with van der Waals surface area (Å²) in [5.41, 5.74) is 3.73. The Balaban J connectivity index is 1.23. The van der Waals surface area contributed by atoms with Crippen LogP contribution < -0.4 is 5.32 Å². The van der Waals surface area contributed by atoms with Crippen molar-refractivity contribution in [2.45, 2.75) is 110 Å². The lowest BCUT2D eigenvalue weighted by atomic mass is 9.42. The Hall–Kier alpha value is -0.900. The summed E-state index contributed by atoms with van der Waals surface area (Å²) in [7, 11) is 4.51. The molecule has 6 fully saturated rings. The molecule has 1 aromatic carbocycles. The maximum Gasteiger partial charge on any atom is 0.137 e. The number of rotatable bonds is 2. The molecule has 7 rings (SSSR count). The normalized spacial score (nSPS) is 55.0. The summed E-state index contributed by atoms with van der Waals surface area (Å²) in [5, 5.41) is 3.72. The fraction of sp³-hybridized carbons (Fsp3) is 0.818. The second-order valence-electron chi connectivity index (χ2n) is 15.3. The quantitative estimate of drug-likeness (QED) is 0.481. The Morgan fingerprint density at radius 2 is 1.58 bits per heavy atom. The van der Waals surface area contributed by atoms with Crippen molar-refractivity contribution in [3.05, 3.63) is 35.9 Å². The highest BCUT2D eigenvalue weighted by atomic mass is 16.5. The van der Waals surface area contributed by atoms with Gasteiger partial charge in [0, 0.05) is 18.0 Å².